The number of nitrogens with two attached hydrogens (primary N) is 1. The van der Waals surface area contributed by atoms with Gasteiger partial charge in [-0.25, -0.2) is 9.37 Å². The first kappa shape index (κ1) is 17.9. The second-order valence-corrected chi connectivity index (χ2v) is 7.57. The molecular weight excluding hydrogens is 399 g/mol. The van der Waals surface area contributed by atoms with E-state index in [2.05, 4.69) is 20.1 Å². The zero-order valence-electron chi connectivity index (χ0n) is 15.0. The lowest BCUT2D eigenvalue weighted by Gasteiger charge is -2.08. The first-order valence-corrected chi connectivity index (χ1v) is 9.75. The molecule has 0 saturated carbocycles. The first-order chi connectivity index (χ1) is 14.1. The molecule has 5 rings (SSSR count). The number of thiazole rings is 1. The van der Waals surface area contributed by atoms with Crippen LogP contribution in [0.15, 0.2) is 39.1 Å². The molecule has 2 unspecified atom stereocenters. The van der Waals surface area contributed by atoms with Gasteiger partial charge in [-0.05, 0) is 24.1 Å². The van der Waals surface area contributed by atoms with Crippen molar-refractivity contribution in [3.63, 3.8) is 0 Å². The van der Waals surface area contributed by atoms with Gasteiger partial charge in [-0.1, -0.05) is 17.3 Å². The first-order valence-electron chi connectivity index (χ1n) is 8.87. The van der Waals surface area contributed by atoms with E-state index in [4.69, 9.17) is 15.0 Å². The third kappa shape index (κ3) is 3.28. The highest BCUT2D eigenvalue weighted by molar-refractivity contribution is 7.16. The maximum Gasteiger partial charge on any atom is 0.275 e. The highest BCUT2D eigenvalue weighted by atomic mass is 32.1. The monoisotopic (exact) mass is 414 g/mol. The van der Waals surface area contributed by atoms with Crippen LogP contribution in [0.3, 0.4) is 0 Å². The van der Waals surface area contributed by atoms with Crippen molar-refractivity contribution in [1.82, 2.24) is 24.7 Å². The van der Waals surface area contributed by atoms with Gasteiger partial charge in [0.2, 0.25) is 11.8 Å². The fourth-order valence-electron chi connectivity index (χ4n) is 3.36. The summed E-state index contributed by atoms with van der Waals surface area (Å²) < 4.78 is 25.9. The van der Waals surface area contributed by atoms with Crippen molar-refractivity contribution in [3.05, 3.63) is 63.2 Å². The number of aromatic nitrogens is 5. The molecule has 0 radical (unpaired) electrons. The third-order valence-corrected chi connectivity index (χ3v) is 5.67. The van der Waals surface area contributed by atoms with Crippen molar-refractivity contribution in [2.45, 2.75) is 25.0 Å². The van der Waals surface area contributed by atoms with E-state index in [9.17, 15) is 9.18 Å². The van der Waals surface area contributed by atoms with Crippen LogP contribution in [0, 0.1) is 5.82 Å². The van der Waals surface area contributed by atoms with E-state index >= 15 is 0 Å². The third-order valence-electron chi connectivity index (χ3n) is 4.87. The molecule has 0 bridgehead atoms. The van der Waals surface area contributed by atoms with Crippen LogP contribution in [0.1, 0.15) is 35.7 Å². The number of anilines is 1. The molecule has 1 saturated heterocycles. The minimum atomic E-state index is -0.296. The van der Waals surface area contributed by atoms with Gasteiger partial charge in [-0.2, -0.15) is 9.97 Å². The molecule has 0 amide bonds. The summed E-state index contributed by atoms with van der Waals surface area (Å²) in [5.74, 6) is 0.451. The molecule has 1 fully saturated rings. The van der Waals surface area contributed by atoms with Crippen molar-refractivity contribution >= 4 is 27.6 Å². The van der Waals surface area contributed by atoms with Crippen molar-refractivity contribution in [2.75, 3.05) is 12.3 Å². The largest absolute Gasteiger partial charge is 0.373 e. The Balaban J connectivity index is 1.34. The van der Waals surface area contributed by atoms with E-state index in [1.54, 1.807) is 17.6 Å². The van der Waals surface area contributed by atoms with Crippen LogP contribution in [-0.2, 0) is 11.3 Å². The smallest absolute Gasteiger partial charge is 0.275 e. The molecule has 29 heavy (non-hydrogen) atoms. The van der Waals surface area contributed by atoms with Gasteiger partial charge in [0.25, 0.3) is 5.56 Å². The van der Waals surface area contributed by atoms with Crippen LogP contribution in [-0.4, -0.2) is 31.3 Å². The van der Waals surface area contributed by atoms with E-state index in [0.29, 0.717) is 29.2 Å². The van der Waals surface area contributed by atoms with Crippen molar-refractivity contribution in [3.8, 4) is 0 Å². The predicted molar refractivity (Wildman–Crippen MR) is 102 cm³/mol. The number of nitrogen functional groups attached to an aromatic ring is 1. The average molecular weight is 414 g/mol. The van der Waals surface area contributed by atoms with E-state index in [-0.39, 0.29) is 41.8 Å². The lowest BCUT2D eigenvalue weighted by molar-refractivity contribution is 0.110. The number of halogens is 1. The van der Waals surface area contributed by atoms with Gasteiger partial charge >= 0.3 is 0 Å². The van der Waals surface area contributed by atoms with Crippen molar-refractivity contribution in [2.24, 2.45) is 0 Å². The molecular formula is C18H15FN6O3S. The molecule has 4 heterocycles. The Labute approximate surface area is 167 Å². The molecule has 1 aliphatic heterocycles. The number of hydrogen-bond donors (Lipinski definition) is 1. The molecule has 148 valence electrons. The minimum absolute atomic E-state index is 0.0213. The Kier molecular flexibility index (Phi) is 4.32. The SMILES string of the molecule is Nc1nc2ncsc2c(=O)n1Cc1nc(C2COC(c3ccc(F)cc3)C2)no1. The Bertz CT molecular complexity index is 1230. The topological polar surface area (TPSA) is 122 Å². The fourth-order valence-corrected chi connectivity index (χ4v) is 4.04. The summed E-state index contributed by atoms with van der Waals surface area (Å²) in [5, 5.41) is 4.04. The van der Waals surface area contributed by atoms with Crippen LogP contribution < -0.4 is 11.3 Å². The van der Waals surface area contributed by atoms with Crippen LogP contribution in [0.2, 0.25) is 0 Å². The number of hydrogen-bond acceptors (Lipinski definition) is 9. The number of nitrogens with zero attached hydrogens (tertiary/aromatic N) is 5. The molecule has 9 nitrogen and oxygen atoms in total. The van der Waals surface area contributed by atoms with E-state index in [1.165, 1.54) is 28.0 Å². The van der Waals surface area contributed by atoms with Gasteiger partial charge in [0, 0.05) is 5.92 Å². The van der Waals surface area contributed by atoms with Gasteiger partial charge in [-0.3, -0.25) is 9.36 Å². The van der Waals surface area contributed by atoms with Gasteiger partial charge in [-0.15, -0.1) is 11.3 Å². The molecule has 0 spiro atoms. The van der Waals surface area contributed by atoms with Gasteiger partial charge in [0.1, 0.15) is 17.1 Å². The molecule has 11 heteroatoms. The Morgan fingerprint density at radius 2 is 2.10 bits per heavy atom. The van der Waals surface area contributed by atoms with Crippen LogP contribution >= 0.6 is 11.3 Å². The van der Waals surface area contributed by atoms with Gasteiger partial charge in [0.15, 0.2) is 11.5 Å². The number of rotatable bonds is 4. The fraction of sp³-hybridized carbons (Fsp3) is 0.278. The minimum Gasteiger partial charge on any atom is -0.373 e. The second-order valence-electron chi connectivity index (χ2n) is 6.72. The lowest BCUT2D eigenvalue weighted by atomic mass is 10.00. The molecule has 1 aromatic carbocycles. The molecule has 4 aromatic rings. The summed E-state index contributed by atoms with van der Waals surface area (Å²) in [6, 6.07) is 6.24. The molecule has 3 aromatic heterocycles. The summed E-state index contributed by atoms with van der Waals surface area (Å²) >= 11 is 1.20. The molecule has 2 atom stereocenters. The summed E-state index contributed by atoms with van der Waals surface area (Å²) in [4.78, 5) is 25.1. The average Bonchev–Trinajstić information content (AvgIpc) is 3.45. The molecule has 2 N–H and O–H groups in total. The predicted octanol–water partition coefficient (Wildman–Crippen LogP) is 2.25. The summed E-state index contributed by atoms with van der Waals surface area (Å²) in [7, 11) is 0. The number of ether oxygens (including phenoxy) is 1. The standard InChI is InChI=1S/C18H15FN6O3S/c19-11-3-1-9(2-4-11)12-5-10(7-27-12)15-22-13(28-24-15)6-25-17(26)14-16(21-8-29-14)23-18(25)20/h1-4,8,10,12H,5-7H2,(H2,20,23). The van der Waals surface area contributed by atoms with Crippen LogP contribution in [0.5, 0.6) is 0 Å². The summed E-state index contributed by atoms with van der Waals surface area (Å²) in [6.07, 6.45) is 0.500. The van der Waals surface area contributed by atoms with Gasteiger partial charge in [0.05, 0.1) is 18.2 Å². The van der Waals surface area contributed by atoms with Crippen LogP contribution in [0.4, 0.5) is 10.3 Å². The maximum absolute atomic E-state index is 13.1. The second kappa shape index (κ2) is 7.01. The van der Waals surface area contributed by atoms with Gasteiger partial charge < -0.3 is 15.0 Å². The number of benzene rings is 1. The zero-order chi connectivity index (χ0) is 20.0. The van der Waals surface area contributed by atoms with Crippen LogP contribution in [0.25, 0.3) is 10.3 Å². The van der Waals surface area contributed by atoms with E-state index < -0.39 is 0 Å². The zero-order valence-corrected chi connectivity index (χ0v) is 15.8. The Morgan fingerprint density at radius 3 is 2.93 bits per heavy atom. The van der Waals surface area contributed by atoms with E-state index in [0.717, 1.165) is 5.56 Å². The Hall–Kier alpha value is -3.18. The van der Waals surface area contributed by atoms with Crippen molar-refractivity contribution < 1.29 is 13.7 Å². The quantitative estimate of drug-likeness (QED) is 0.540. The molecule has 0 aliphatic carbocycles. The molecule has 1 aliphatic rings. The normalized spacial score (nSPS) is 19.2. The maximum atomic E-state index is 13.1. The highest BCUT2D eigenvalue weighted by Crippen LogP contribution is 2.37. The highest BCUT2D eigenvalue weighted by Gasteiger charge is 2.31. The summed E-state index contributed by atoms with van der Waals surface area (Å²) in [5.41, 5.74) is 8.38. The Morgan fingerprint density at radius 1 is 1.28 bits per heavy atom. The summed E-state index contributed by atoms with van der Waals surface area (Å²) in [6.45, 7) is 0.449. The number of fused-ring (bicyclic) bond motifs is 1. The van der Waals surface area contributed by atoms with E-state index in [1.807, 2.05) is 0 Å². The van der Waals surface area contributed by atoms with Crippen molar-refractivity contribution in [1.29, 1.82) is 0 Å². The lowest BCUT2D eigenvalue weighted by Crippen LogP contribution is -2.24.